The second kappa shape index (κ2) is 4.63. The number of hydrogen-bond acceptors (Lipinski definition) is 2. The van der Waals surface area contributed by atoms with Crippen molar-refractivity contribution in [3.8, 4) is 0 Å². The van der Waals surface area contributed by atoms with Crippen molar-refractivity contribution in [3.05, 3.63) is 0 Å². The maximum Gasteiger partial charge on any atom is 0.305 e. The predicted octanol–water partition coefficient (Wildman–Crippen LogP) is 0.231. The van der Waals surface area contributed by atoms with Gasteiger partial charge in [0.15, 0.2) is 0 Å². The third-order valence-electron chi connectivity index (χ3n) is 1.09. The molecule has 0 rings (SSSR count). The number of amides is 1. The van der Waals surface area contributed by atoms with Gasteiger partial charge in [-0.25, -0.2) is 8.78 Å². The molecule has 0 aromatic rings. The SMILES string of the molecule is CC(=O)NC(CC(=O)O)C(F)F. The Morgan fingerprint density at radius 1 is 1.50 bits per heavy atom. The lowest BCUT2D eigenvalue weighted by atomic mass is 10.2. The highest BCUT2D eigenvalue weighted by Crippen LogP contribution is 2.04. The molecule has 0 radical (unpaired) electrons. The molecule has 2 N–H and O–H groups in total. The van der Waals surface area contributed by atoms with Crippen molar-refractivity contribution >= 4 is 11.9 Å². The van der Waals surface area contributed by atoms with Gasteiger partial charge < -0.3 is 10.4 Å². The number of carboxylic acid groups (broad SMARTS) is 1. The molecule has 0 saturated carbocycles. The molecule has 0 aliphatic carbocycles. The number of alkyl halides is 2. The van der Waals surface area contributed by atoms with E-state index in [1.54, 1.807) is 0 Å². The van der Waals surface area contributed by atoms with Crippen molar-refractivity contribution in [3.63, 3.8) is 0 Å². The van der Waals surface area contributed by atoms with Gasteiger partial charge in [-0.3, -0.25) is 9.59 Å². The summed E-state index contributed by atoms with van der Waals surface area (Å²) < 4.78 is 23.9. The van der Waals surface area contributed by atoms with Gasteiger partial charge in [-0.1, -0.05) is 0 Å². The second-order valence-corrected chi connectivity index (χ2v) is 2.24. The number of carbonyl (C=O) groups excluding carboxylic acids is 1. The molecule has 0 saturated heterocycles. The topological polar surface area (TPSA) is 66.4 Å². The van der Waals surface area contributed by atoms with Crippen LogP contribution in [0.3, 0.4) is 0 Å². The van der Waals surface area contributed by atoms with Crippen LogP contribution in [0.1, 0.15) is 13.3 Å². The second-order valence-electron chi connectivity index (χ2n) is 2.24. The van der Waals surface area contributed by atoms with E-state index < -0.39 is 30.8 Å². The van der Waals surface area contributed by atoms with E-state index in [0.29, 0.717) is 0 Å². The lowest BCUT2D eigenvalue weighted by Gasteiger charge is -2.13. The number of hydrogen-bond donors (Lipinski definition) is 2. The first kappa shape index (κ1) is 10.8. The molecule has 0 aliphatic rings. The zero-order valence-corrected chi connectivity index (χ0v) is 6.38. The van der Waals surface area contributed by atoms with Gasteiger partial charge in [-0.2, -0.15) is 0 Å². The van der Waals surface area contributed by atoms with Gasteiger partial charge in [0.2, 0.25) is 5.91 Å². The quantitative estimate of drug-likeness (QED) is 0.652. The summed E-state index contributed by atoms with van der Waals surface area (Å²) in [6.07, 6.45) is -3.62. The number of nitrogens with one attached hydrogen (secondary N) is 1. The molecule has 4 nitrogen and oxygen atoms in total. The summed E-state index contributed by atoms with van der Waals surface area (Å²) in [5.74, 6) is -2.03. The summed E-state index contributed by atoms with van der Waals surface area (Å²) in [7, 11) is 0. The van der Waals surface area contributed by atoms with Gasteiger partial charge in [0, 0.05) is 6.92 Å². The largest absolute Gasteiger partial charge is 0.481 e. The van der Waals surface area contributed by atoms with Crippen LogP contribution in [-0.4, -0.2) is 29.5 Å². The van der Waals surface area contributed by atoms with Gasteiger partial charge in [-0.15, -0.1) is 0 Å². The number of aliphatic carboxylic acids is 1. The van der Waals surface area contributed by atoms with Crippen LogP contribution < -0.4 is 5.32 Å². The normalized spacial score (nSPS) is 12.7. The fourth-order valence-electron chi connectivity index (χ4n) is 0.652. The van der Waals surface area contributed by atoms with Crippen LogP contribution >= 0.6 is 0 Å². The molecule has 0 heterocycles. The summed E-state index contributed by atoms with van der Waals surface area (Å²) in [4.78, 5) is 20.3. The Kier molecular flexibility index (Phi) is 4.17. The lowest BCUT2D eigenvalue weighted by Crippen LogP contribution is -2.40. The van der Waals surface area contributed by atoms with Crippen molar-refractivity contribution in [1.29, 1.82) is 0 Å². The Morgan fingerprint density at radius 2 is 2.00 bits per heavy atom. The molecule has 1 atom stereocenters. The van der Waals surface area contributed by atoms with Crippen LogP contribution in [0, 0.1) is 0 Å². The van der Waals surface area contributed by atoms with Crippen molar-refractivity contribution in [2.24, 2.45) is 0 Å². The Labute approximate surface area is 67.6 Å². The summed E-state index contributed by atoms with van der Waals surface area (Å²) in [6, 6.07) is -1.60. The minimum absolute atomic E-state index is 0.665. The van der Waals surface area contributed by atoms with Gasteiger partial charge in [0.05, 0.1) is 12.5 Å². The summed E-state index contributed by atoms with van der Waals surface area (Å²) >= 11 is 0. The molecule has 6 heteroatoms. The number of halogens is 2. The molecule has 0 spiro atoms. The fraction of sp³-hybridized carbons (Fsp3) is 0.667. The maximum absolute atomic E-state index is 11.9. The first-order chi connectivity index (χ1) is 5.43. The van der Waals surface area contributed by atoms with Gasteiger partial charge >= 0.3 is 5.97 Å². The van der Waals surface area contributed by atoms with E-state index in [1.165, 1.54) is 0 Å². The molecular weight excluding hydrogens is 172 g/mol. The standard InChI is InChI=1S/C6H9F2NO3/c1-3(10)9-4(6(7)8)2-5(11)12/h4,6H,2H2,1H3,(H,9,10)(H,11,12). The zero-order chi connectivity index (χ0) is 9.72. The first-order valence-corrected chi connectivity index (χ1v) is 3.20. The summed E-state index contributed by atoms with van der Waals surface area (Å²) in [6.45, 7) is 1.05. The van der Waals surface area contributed by atoms with E-state index in [9.17, 15) is 18.4 Å². The number of carboxylic acids is 1. The Hall–Kier alpha value is -1.20. The Bertz CT molecular complexity index is 168. The van der Waals surface area contributed by atoms with E-state index in [1.807, 2.05) is 5.32 Å². The van der Waals surface area contributed by atoms with E-state index in [0.717, 1.165) is 6.92 Å². The van der Waals surface area contributed by atoms with E-state index in [4.69, 9.17) is 5.11 Å². The highest BCUT2D eigenvalue weighted by molar-refractivity contribution is 5.75. The zero-order valence-electron chi connectivity index (χ0n) is 6.38. The molecule has 0 fully saturated rings. The van der Waals surface area contributed by atoms with E-state index in [2.05, 4.69) is 0 Å². The van der Waals surface area contributed by atoms with Crippen molar-refractivity contribution in [1.82, 2.24) is 5.32 Å². The molecule has 12 heavy (non-hydrogen) atoms. The highest BCUT2D eigenvalue weighted by Gasteiger charge is 2.23. The molecular formula is C6H9F2NO3. The van der Waals surface area contributed by atoms with Crippen molar-refractivity contribution < 1.29 is 23.5 Å². The summed E-state index contributed by atoms with van der Waals surface area (Å²) in [5, 5.41) is 10.0. The Morgan fingerprint density at radius 3 is 2.25 bits per heavy atom. The monoisotopic (exact) mass is 181 g/mol. The smallest absolute Gasteiger partial charge is 0.305 e. The van der Waals surface area contributed by atoms with Crippen molar-refractivity contribution in [2.75, 3.05) is 0 Å². The van der Waals surface area contributed by atoms with Crippen LogP contribution in [0.2, 0.25) is 0 Å². The fourth-order valence-corrected chi connectivity index (χ4v) is 0.652. The van der Waals surface area contributed by atoms with E-state index >= 15 is 0 Å². The molecule has 0 aliphatic heterocycles. The third-order valence-corrected chi connectivity index (χ3v) is 1.09. The van der Waals surface area contributed by atoms with Gasteiger partial charge in [0.1, 0.15) is 0 Å². The average Bonchev–Trinajstić information content (AvgIpc) is 1.83. The molecule has 0 aromatic carbocycles. The Balaban J connectivity index is 4.04. The van der Waals surface area contributed by atoms with E-state index in [-0.39, 0.29) is 0 Å². The molecule has 1 amide bonds. The minimum atomic E-state index is -2.86. The molecule has 1 unspecified atom stereocenters. The average molecular weight is 181 g/mol. The van der Waals surface area contributed by atoms with Gasteiger partial charge in [-0.05, 0) is 0 Å². The molecule has 0 aromatic heterocycles. The highest BCUT2D eigenvalue weighted by atomic mass is 19.3. The van der Waals surface area contributed by atoms with Crippen LogP contribution in [0.15, 0.2) is 0 Å². The van der Waals surface area contributed by atoms with Crippen LogP contribution in [0.4, 0.5) is 8.78 Å². The lowest BCUT2D eigenvalue weighted by molar-refractivity contribution is -0.139. The number of rotatable bonds is 4. The molecule has 70 valence electrons. The molecule has 0 bridgehead atoms. The summed E-state index contributed by atoms with van der Waals surface area (Å²) in [5.41, 5.74) is 0. The number of carbonyl (C=O) groups is 2. The third kappa shape index (κ3) is 4.59. The van der Waals surface area contributed by atoms with Crippen LogP contribution in [0.25, 0.3) is 0 Å². The first-order valence-electron chi connectivity index (χ1n) is 3.20. The predicted molar refractivity (Wildman–Crippen MR) is 35.9 cm³/mol. The van der Waals surface area contributed by atoms with Crippen molar-refractivity contribution in [2.45, 2.75) is 25.8 Å². The van der Waals surface area contributed by atoms with Crippen LogP contribution in [-0.2, 0) is 9.59 Å². The van der Waals surface area contributed by atoms with Gasteiger partial charge in [0.25, 0.3) is 6.43 Å². The minimum Gasteiger partial charge on any atom is -0.481 e. The van der Waals surface area contributed by atoms with Crippen LogP contribution in [0.5, 0.6) is 0 Å². The maximum atomic E-state index is 11.9.